The Kier molecular flexibility index (Phi) is 4.45. The summed E-state index contributed by atoms with van der Waals surface area (Å²) >= 11 is 6.03. The number of nitrogens with zero attached hydrogens (tertiary/aromatic N) is 2. The number of halogens is 1. The third-order valence-corrected chi connectivity index (χ3v) is 5.78. The molecule has 6 nitrogen and oxygen atoms in total. The van der Waals surface area contributed by atoms with Crippen molar-refractivity contribution in [3.63, 3.8) is 0 Å². The average Bonchev–Trinajstić information content (AvgIpc) is 3.48. The first-order valence-electron chi connectivity index (χ1n) is 9.62. The highest BCUT2D eigenvalue weighted by atomic mass is 35.5. The lowest BCUT2D eigenvalue weighted by molar-refractivity contribution is -0.117. The molecule has 0 saturated carbocycles. The van der Waals surface area contributed by atoms with E-state index in [9.17, 15) is 14.7 Å². The molecule has 1 aliphatic heterocycles. The Balaban J connectivity index is 1.76. The van der Waals surface area contributed by atoms with Crippen molar-refractivity contribution in [2.24, 2.45) is 7.05 Å². The molecular formula is C24H17ClN2O4. The molecule has 0 fully saturated rings. The van der Waals surface area contributed by atoms with Gasteiger partial charge in [-0.1, -0.05) is 29.8 Å². The number of anilines is 1. The molecular weight excluding hydrogens is 416 g/mol. The van der Waals surface area contributed by atoms with Crippen LogP contribution in [0.25, 0.3) is 10.9 Å². The average molecular weight is 433 g/mol. The number of fused-ring (bicyclic) bond motifs is 1. The number of rotatable bonds is 4. The van der Waals surface area contributed by atoms with Crippen molar-refractivity contribution < 1.29 is 19.1 Å². The lowest BCUT2D eigenvalue weighted by atomic mass is 9.94. The number of carbonyl (C=O) groups excluding carboxylic acids is 2. The van der Waals surface area contributed by atoms with Crippen LogP contribution < -0.4 is 4.90 Å². The number of aliphatic hydroxyl groups is 1. The molecule has 154 valence electrons. The first kappa shape index (κ1) is 19.2. The van der Waals surface area contributed by atoms with Gasteiger partial charge in [-0.05, 0) is 42.5 Å². The molecule has 0 bridgehead atoms. The van der Waals surface area contributed by atoms with Gasteiger partial charge in [0.05, 0.1) is 17.9 Å². The van der Waals surface area contributed by atoms with E-state index < -0.39 is 23.5 Å². The Morgan fingerprint density at radius 1 is 1.06 bits per heavy atom. The van der Waals surface area contributed by atoms with E-state index in [0.29, 0.717) is 10.7 Å². The Morgan fingerprint density at radius 3 is 2.52 bits per heavy atom. The van der Waals surface area contributed by atoms with Crippen LogP contribution in [0.5, 0.6) is 0 Å². The molecule has 2 aromatic heterocycles. The highest BCUT2D eigenvalue weighted by Gasteiger charge is 2.46. The summed E-state index contributed by atoms with van der Waals surface area (Å²) in [5.74, 6) is -1.73. The zero-order valence-corrected chi connectivity index (χ0v) is 17.2. The van der Waals surface area contributed by atoms with Crippen molar-refractivity contribution in [1.82, 2.24) is 4.57 Å². The second-order valence-electron chi connectivity index (χ2n) is 7.34. The zero-order chi connectivity index (χ0) is 21.7. The minimum atomic E-state index is -0.836. The molecule has 3 heterocycles. The lowest BCUT2D eigenvalue weighted by Gasteiger charge is -2.26. The van der Waals surface area contributed by atoms with Crippen LogP contribution in [-0.4, -0.2) is 21.4 Å². The predicted molar refractivity (Wildman–Crippen MR) is 117 cm³/mol. The maximum Gasteiger partial charge on any atom is 0.294 e. The Labute approximate surface area is 182 Å². The van der Waals surface area contributed by atoms with Gasteiger partial charge in [0.25, 0.3) is 5.91 Å². The highest BCUT2D eigenvalue weighted by Crippen LogP contribution is 2.44. The fourth-order valence-corrected chi connectivity index (χ4v) is 4.26. The van der Waals surface area contributed by atoms with E-state index in [4.69, 9.17) is 16.0 Å². The minimum absolute atomic E-state index is 0.0220. The van der Waals surface area contributed by atoms with Crippen LogP contribution in [0, 0.1) is 0 Å². The monoisotopic (exact) mass is 432 g/mol. The molecule has 1 N–H and O–H groups in total. The third kappa shape index (κ3) is 2.95. The highest BCUT2D eigenvalue weighted by molar-refractivity contribution is 6.30. The quantitative estimate of drug-likeness (QED) is 0.449. The summed E-state index contributed by atoms with van der Waals surface area (Å²) in [6.07, 6.45) is 3.26. The number of carbonyl (C=O) groups is 2. The maximum atomic E-state index is 13.3. The maximum absolute atomic E-state index is 13.3. The molecule has 0 aliphatic carbocycles. The Morgan fingerprint density at radius 2 is 1.81 bits per heavy atom. The number of ketones is 1. The molecule has 1 amide bonds. The van der Waals surface area contributed by atoms with Gasteiger partial charge in [0.1, 0.15) is 0 Å². The molecule has 4 aromatic rings. The molecule has 1 atom stereocenters. The van der Waals surface area contributed by atoms with Gasteiger partial charge in [0.2, 0.25) is 5.78 Å². The smallest absolute Gasteiger partial charge is 0.294 e. The van der Waals surface area contributed by atoms with E-state index in [1.54, 1.807) is 30.3 Å². The van der Waals surface area contributed by atoms with Crippen LogP contribution >= 0.6 is 11.6 Å². The van der Waals surface area contributed by atoms with Gasteiger partial charge in [0, 0.05) is 40.4 Å². The van der Waals surface area contributed by atoms with E-state index in [1.807, 2.05) is 42.1 Å². The normalized spacial score (nSPS) is 16.5. The summed E-state index contributed by atoms with van der Waals surface area (Å²) in [4.78, 5) is 27.9. The summed E-state index contributed by atoms with van der Waals surface area (Å²) in [7, 11) is 1.90. The minimum Gasteiger partial charge on any atom is -0.503 e. The predicted octanol–water partition coefficient (Wildman–Crippen LogP) is 5.21. The molecule has 0 radical (unpaired) electrons. The van der Waals surface area contributed by atoms with Crippen molar-refractivity contribution in [2.75, 3.05) is 4.90 Å². The molecule has 0 spiro atoms. The lowest BCUT2D eigenvalue weighted by Crippen LogP contribution is -2.31. The SMILES string of the molecule is Cn1cc(C2C(C(=O)c3ccco3)=C(O)C(=O)N2c2ccc(Cl)cc2)c2ccccc21. The molecule has 2 aromatic carbocycles. The van der Waals surface area contributed by atoms with E-state index in [-0.39, 0.29) is 11.3 Å². The topological polar surface area (TPSA) is 75.7 Å². The van der Waals surface area contributed by atoms with Gasteiger partial charge in [-0.15, -0.1) is 0 Å². The van der Waals surface area contributed by atoms with E-state index in [2.05, 4.69) is 0 Å². The summed E-state index contributed by atoms with van der Waals surface area (Å²) in [5, 5.41) is 12.2. The van der Waals surface area contributed by atoms with E-state index >= 15 is 0 Å². The fourth-order valence-electron chi connectivity index (χ4n) is 4.13. The number of amides is 1. The van der Waals surface area contributed by atoms with E-state index in [1.165, 1.54) is 17.2 Å². The number of para-hydroxylation sites is 1. The Bertz CT molecular complexity index is 1350. The van der Waals surface area contributed by atoms with Crippen LogP contribution in [0.2, 0.25) is 5.02 Å². The van der Waals surface area contributed by atoms with Crippen LogP contribution in [0.4, 0.5) is 5.69 Å². The number of aliphatic hydroxyl groups excluding tert-OH is 1. The van der Waals surface area contributed by atoms with Gasteiger partial charge in [-0.2, -0.15) is 0 Å². The number of aryl methyl sites for hydroxylation is 1. The summed E-state index contributed by atoms with van der Waals surface area (Å²) in [6, 6.07) is 16.7. The molecule has 1 aliphatic rings. The zero-order valence-electron chi connectivity index (χ0n) is 16.4. The molecule has 31 heavy (non-hydrogen) atoms. The van der Waals surface area contributed by atoms with Gasteiger partial charge in [-0.25, -0.2) is 0 Å². The first-order valence-corrected chi connectivity index (χ1v) is 9.99. The largest absolute Gasteiger partial charge is 0.503 e. The first-order chi connectivity index (χ1) is 15.0. The number of hydrogen-bond acceptors (Lipinski definition) is 4. The second kappa shape index (κ2) is 7.18. The van der Waals surface area contributed by atoms with Crippen LogP contribution in [-0.2, 0) is 11.8 Å². The number of hydrogen-bond donors (Lipinski definition) is 1. The van der Waals surface area contributed by atoms with Crippen LogP contribution in [0.1, 0.15) is 22.2 Å². The van der Waals surface area contributed by atoms with Gasteiger partial charge in [-0.3, -0.25) is 14.5 Å². The summed E-state index contributed by atoms with van der Waals surface area (Å²) in [5.41, 5.74) is 2.16. The summed E-state index contributed by atoms with van der Waals surface area (Å²) in [6.45, 7) is 0. The van der Waals surface area contributed by atoms with Crippen molar-refractivity contribution in [1.29, 1.82) is 0 Å². The molecule has 0 saturated heterocycles. The third-order valence-electron chi connectivity index (χ3n) is 5.52. The fraction of sp³-hybridized carbons (Fsp3) is 0.0833. The Hall–Kier alpha value is -3.77. The van der Waals surface area contributed by atoms with E-state index in [0.717, 1.165) is 16.5 Å². The standard InChI is InChI=1S/C24H17ClN2O4/c1-26-13-17(16-5-2-3-6-18(16)26)21-20(22(28)19-7-4-12-31-19)23(29)24(30)27(21)15-10-8-14(25)9-11-15/h2-13,21,29H,1H3. The van der Waals surface area contributed by atoms with Crippen LogP contribution in [0.15, 0.2) is 88.9 Å². The number of aromatic nitrogens is 1. The van der Waals surface area contributed by atoms with Crippen LogP contribution in [0.3, 0.4) is 0 Å². The number of Topliss-reactive ketones (excluding diaryl/α,β-unsaturated/α-hetero) is 1. The van der Waals surface area contributed by atoms with Gasteiger partial charge in [0.15, 0.2) is 11.5 Å². The van der Waals surface area contributed by atoms with Crippen molar-refractivity contribution in [2.45, 2.75) is 6.04 Å². The molecule has 1 unspecified atom stereocenters. The summed E-state index contributed by atoms with van der Waals surface area (Å²) < 4.78 is 7.21. The van der Waals surface area contributed by atoms with Gasteiger partial charge < -0.3 is 14.1 Å². The van der Waals surface area contributed by atoms with Gasteiger partial charge >= 0.3 is 0 Å². The van der Waals surface area contributed by atoms with Crippen molar-refractivity contribution >= 4 is 39.9 Å². The molecule has 7 heteroatoms. The van der Waals surface area contributed by atoms with Crippen molar-refractivity contribution in [3.05, 3.63) is 101 Å². The number of furan rings is 1. The second-order valence-corrected chi connectivity index (χ2v) is 7.77. The molecule has 5 rings (SSSR count). The number of benzene rings is 2. The van der Waals surface area contributed by atoms with Crippen molar-refractivity contribution in [3.8, 4) is 0 Å².